The zero-order valence-corrected chi connectivity index (χ0v) is 15.1. The van der Waals surface area contributed by atoms with Crippen molar-refractivity contribution in [3.8, 4) is 11.3 Å². The minimum Gasteiger partial charge on any atom is -0.375 e. The highest BCUT2D eigenvalue weighted by Gasteiger charge is 2.24. The first-order valence-electron chi connectivity index (χ1n) is 8.85. The van der Waals surface area contributed by atoms with Crippen molar-refractivity contribution in [1.82, 2.24) is 15.4 Å². The van der Waals surface area contributed by atoms with Crippen LogP contribution >= 0.6 is 0 Å². The van der Waals surface area contributed by atoms with Gasteiger partial charge in [0, 0.05) is 30.8 Å². The van der Waals surface area contributed by atoms with Crippen LogP contribution in [0.3, 0.4) is 0 Å². The van der Waals surface area contributed by atoms with Crippen LogP contribution in [0.25, 0.3) is 11.3 Å². The minimum absolute atomic E-state index is 0.0932. The number of benzene rings is 1. The van der Waals surface area contributed by atoms with E-state index in [9.17, 15) is 9.18 Å². The summed E-state index contributed by atoms with van der Waals surface area (Å²) in [5.74, 6) is 0.0959. The number of morpholine rings is 1. The summed E-state index contributed by atoms with van der Waals surface area (Å²) < 4.78 is 24.2. The Bertz CT molecular complexity index is 747. The van der Waals surface area contributed by atoms with E-state index in [0.717, 1.165) is 13.1 Å². The number of halogens is 1. The summed E-state index contributed by atoms with van der Waals surface area (Å²) in [6.45, 7) is 6.83. The molecule has 0 saturated carbocycles. The zero-order valence-electron chi connectivity index (χ0n) is 15.1. The van der Waals surface area contributed by atoms with Crippen LogP contribution in [-0.2, 0) is 16.1 Å². The summed E-state index contributed by atoms with van der Waals surface area (Å²) in [5, 5.41) is 6.75. The van der Waals surface area contributed by atoms with E-state index < -0.39 is 0 Å². The summed E-state index contributed by atoms with van der Waals surface area (Å²) in [4.78, 5) is 14.5. The van der Waals surface area contributed by atoms with E-state index in [4.69, 9.17) is 9.26 Å². The molecule has 140 valence electrons. The first kappa shape index (κ1) is 18.5. The lowest BCUT2D eigenvalue weighted by molar-refractivity contribution is -0.126. The number of nitrogens with one attached hydrogen (secondary N) is 1. The predicted molar refractivity (Wildman–Crippen MR) is 94.8 cm³/mol. The van der Waals surface area contributed by atoms with E-state index in [1.807, 2.05) is 0 Å². The highest BCUT2D eigenvalue weighted by atomic mass is 19.1. The van der Waals surface area contributed by atoms with Crippen LogP contribution in [-0.4, -0.2) is 47.8 Å². The fraction of sp³-hybridized carbons (Fsp3) is 0.474. The fourth-order valence-electron chi connectivity index (χ4n) is 2.98. The van der Waals surface area contributed by atoms with Crippen LogP contribution < -0.4 is 5.32 Å². The SMILES string of the molecule is CC(C)N1CCO[C@H](CC(=O)NCc2cc(-c3cccc(F)c3)no2)C1. The number of carbonyl (C=O) groups is 1. The molecule has 1 aromatic heterocycles. The molecule has 1 aliphatic rings. The second kappa shape index (κ2) is 8.42. The molecule has 1 aromatic carbocycles. The predicted octanol–water partition coefficient (Wildman–Crippen LogP) is 2.60. The Hall–Kier alpha value is -2.25. The Kier molecular flexibility index (Phi) is 6.00. The molecule has 0 unspecified atom stereocenters. The van der Waals surface area contributed by atoms with Gasteiger partial charge in [0.1, 0.15) is 11.5 Å². The van der Waals surface area contributed by atoms with Crippen molar-refractivity contribution in [2.45, 2.75) is 39.0 Å². The average Bonchev–Trinajstić information content (AvgIpc) is 3.09. The third-order valence-electron chi connectivity index (χ3n) is 4.45. The summed E-state index contributed by atoms with van der Waals surface area (Å²) in [7, 11) is 0. The van der Waals surface area contributed by atoms with Crippen molar-refractivity contribution in [2.75, 3.05) is 19.7 Å². The van der Waals surface area contributed by atoms with Crippen molar-refractivity contribution < 1.29 is 18.4 Å². The van der Waals surface area contributed by atoms with Crippen molar-refractivity contribution in [1.29, 1.82) is 0 Å². The molecule has 6 nitrogen and oxygen atoms in total. The molecule has 26 heavy (non-hydrogen) atoms. The van der Waals surface area contributed by atoms with Gasteiger partial charge in [-0.15, -0.1) is 0 Å². The first-order valence-corrected chi connectivity index (χ1v) is 8.85. The molecule has 0 aliphatic carbocycles. The van der Waals surface area contributed by atoms with E-state index in [1.54, 1.807) is 18.2 Å². The van der Waals surface area contributed by atoms with Gasteiger partial charge in [0.15, 0.2) is 5.76 Å². The summed E-state index contributed by atoms with van der Waals surface area (Å²) in [5.41, 5.74) is 1.17. The topological polar surface area (TPSA) is 67.6 Å². The molecule has 1 fully saturated rings. The molecule has 1 amide bonds. The molecule has 1 atom stereocenters. The zero-order chi connectivity index (χ0) is 18.5. The van der Waals surface area contributed by atoms with Crippen molar-refractivity contribution >= 4 is 5.91 Å². The average molecular weight is 361 g/mol. The Labute approximate surface area is 152 Å². The number of ether oxygens (including phenoxy) is 1. The number of aromatic nitrogens is 1. The lowest BCUT2D eigenvalue weighted by Gasteiger charge is -2.35. The van der Waals surface area contributed by atoms with Crippen molar-refractivity contribution in [3.63, 3.8) is 0 Å². The van der Waals surface area contributed by atoms with Gasteiger partial charge in [-0.2, -0.15) is 0 Å². The van der Waals surface area contributed by atoms with Crippen LogP contribution in [0.15, 0.2) is 34.9 Å². The van der Waals surface area contributed by atoms with E-state index in [1.165, 1.54) is 12.1 Å². The maximum atomic E-state index is 13.3. The quantitative estimate of drug-likeness (QED) is 0.857. The third kappa shape index (κ3) is 4.89. The van der Waals surface area contributed by atoms with E-state index in [-0.39, 0.29) is 24.4 Å². The normalized spacial score (nSPS) is 18.2. The molecule has 0 spiro atoms. The molecule has 3 rings (SSSR count). The van der Waals surface area contributed by atoms with Gasteiger partial charge in [0.05, 0.1) is 25.7 Å². The number of hydrogen-bond donors (Lipinski definition) is 1. The standard InChI is InChI=1S/C19H24FN3O3/c1-13(2)23-6-7-25-17(12-23)10-19(24)21-11-16-9-18(22-26-16)14-4-3-5-15(20)8-14/h3-5,8-9,13,17H,6-7,10-12H2,1-2H3,(H,21,24)/t17-/m1/s1. The van der Waals surface area contributed by atoms with Gasteiger partial charge in [-0.3, -0.25) is 9.69 Å². The fourth-order valence-corrected chi connectivity index (χ4v) is 2.98. The number of carbonyl (C=O) groups excluding carboxylic acids is 1. The Balaban J connectivity index is 1.49. The van der Waals surface area contributed by atoms with Gasteiger partial charge in [0.2, 0.25) is 5.91 Å². The van der Waals surface area contributed by atoms with Gasteiger partial charge in [-0.05, 0) is 26.0 Å². The van der Waals surface area contributed by atoms with Crippen LogP contribution in [0.2, 0.25) is 0 Å². The van der Waals surface area contributed by atoms with Crippen molar-refractivity contribution in [3.05, 3.63) is 41.9 Å². The highest BCUT2D eigenvalue weighted by Crippen LogP contribution is 2.20. The minimum atomic E-state index is -0.330. The van der Waals surface area contributed by atoms with Crippen LogP contribution in [0.4, 0.5) is 4.39 Å². The molecule has 1 N–H and O–H groups in total. The number of nitrogens with zero attached hydrogens (tertiary/aromatic N) is 2. The first-order chi connectivity index (χ1) is 12.5. The Morgan fingerprint density at radius 3 is 3.04 bits per heavy atom. The lowest BCUT2D eigenvalue weighted by atomic mass is 10.1. The van der Waals surface area contributed by atoms with Gasteiger partial charge in [0.25, 0.3) is 0 Å². The second-order valence-corrected chi connectivity index (χ2v) is 6.75. The number of rotatable bonds is 6. The molecule has 0 bridgehead atoms. The molecule has 2 heterocycles. The molecule has 7 heteroatoms. The van der Waals surface area contributed by atoms with Gasteiger partial charge < -0.3 is 14.6 Å². The Morgan fingerprint density at radius 2 is 2.27 bits per heavy atom. The van der Waals surface area contributed by atoms with Crippen LogP contribution in [0.1, 0.15) is 26.0 Å². The van der Waals surface area contributed by atoms with E-state index in [0.29, 0.717) is 36.1 Å². The maximum absolute atomic E-state index is 13.3. The van der Waals surface area contributed by atoms with Crippen LogP contribution in [0.5, 0.6) is 0 Å². The summed E-state index contributed by atoms with van der Waals surface area (Å²) >= 11 is 0. The highest BCUT2D eigenvalue weighted by molar-refractivity contribution is 5.76. The molecule has 2 aromatic rings. The van der Waals surface area contributed by atoms with E-state index >= 15 is 0 Å². The lowest BCUT2D eigenvalue weighted by Crippen LogP contribution is -2.47. The number of hydrogen-bond acceptors (Lipinski definition) is 5. The molecular weight excluding hydrogens is 337 g/mol. The molecular formula is C19H24FN3O3. The smallest absolute Gasteiger partial charge is 0.223 e. The Morgan fingerprint density at radius 1 is 1.42 bits per heavy atom. The number of amides is 1. The van der Waals surface area contributed by atoms with Gasteiger partial charge in [-0.1, -0.05) is 17.3 Å². The van der Waals surface area contributed by atoms with Gasteiger partial charge >= 0.3 is 0 Å². The third-order valence-corrected chi connectivity index (χ3v) is 4.45. The molecule has 1 saturated heterocycles. The molecule has 1 aliphatic heterocycles. The second-order valence-electron chi connectivity index (χ2n) is 6.75. The summed E-state index contributed by atoms with van der Waals surface area (Å²) in [6.07, 6.45) is 0.220. The largest absolute Gasteiger partial charge is 0.375 e. The molecule has 0 radical (unpaired) electrons. The summed E-state index contributed by atoms with van der Waals surface area (Å²) in [6, 6.07) is 8.28. The van der Waals surface area contributed by atoms with Crippen molar-refractivity contribution in [2.24, 2.45) is 0 Å². The van der Waals surface area contributed by atoms with Gasteiger partial charge in [-0.25, -0.2) is 4.39 Å². The monoisotopic (exact) mass is 361 g/mol. The van der Waals surface area contributed by atoms with Crippen LogP contribution in [0, 0.1) is 5.82 Å². The maximum Gasteiger partial charge on any atom is 0.223 e. The van der Waals surface area contributed by atoms with E-state index in [2.05, 4.69) is 29.2 Å².